The summed E-state index contributed by atoms with van der Waals surface area (Å²) < 4.78 is 37.3. The highest BCUT2D eigenvalue weighted by atomic mass is 32.2. The Morgan fingerprint density at radius 1 is 1.26 bits per heavy atom. The van der Waals surface area contributed by atoms with E-state index in [1.54, 1.807) is 0 Å². The maximum absolute atomic E-state index is 13.1. The van der Waals surface area contributed by atoms with Crippen molar-refractivity contribution in [1.82, 2.24) is 0 Å². The van der Waals surface area contributed by atoms with Crippen LogP contribution in [0, 0.1) is 11.7 Å². The van der Waals surface area contributed by atoms with Crippen molar-refractivity contribution >= 4 is 9.84 Å². The average Bonchev–Trinajstić information content (AvgIpc) is 2.39. The molecule has 1 aliphatic rings. The average molecular weight is 286 g/mol. The zero-order valence-corrected chi connectivity index (χ0v) is 11.6. The molecule has 0 heterocycles. The molecule has 0 saturated heterocycles. The molecular weight excluding hydrogens is 267 g/mol. The number of rotatable bonds is 4. The Labute approximate surface area is 113 Å². The first kappa shape index (κ1) is 14.5. The van der Waals surface area contributed by atoms with E-state index in [-0.39, 0.29) is 16.6 Å². The van der Waals surface area contributed by atoms with Crippen LogP contribution in [0.25, 0.3) is 0 Å². The van der Waals surface area contributed by atoms with E-state index in [0.717, 1.165) is 38.2 Å². The third kappa shape index (κ3) is 3.76. The topological polar surface area (TPSA) is 54.4 Å². The standard InChI is InChI=1S/C14H19FO3S/c15-12-7-4-8-13(9-12)19(17,18)10-14(16)11-5-2-1-3-6-11/h4,7-9,11,14,16H,1-3,5-6,10H2. The summed E-state index contributed by atoms with van der Waals surface area (Å²) in [5.74, 6) is -0.841. The van der Waals surface area contributed by atoms with Crippen LogP contribution in [0.3, 0.4) is 0 Å². The molecule has 0 aromatic heterocycles. The smallest absolute Gasteiger partial charge is 0.181 e. The van der Waals surface area contributed by atoms with Crippen molar-refractivity contribution in [3.05, 3.63) is 30.1 Å². The monoisotopic (exact) mass is 286 g/mol. The van der Waals surface area contributed by atoms with E-state index < -0.39 is 21.8 Å². The van der Waals surface area contributed by atoms with Crippen molar-refractivity contribution in [2.45, 2.75) is 43.1 Å². The Morgan fingerprint density at radius 3 is 2.58 bits per heavy atom. The van der Waals surface area contributed by atoms with Crippen molar-refractivity contribution in [1.29, 1.82) is 0 Å². The van der Waals surface area contributed by atoms with Gasteiger partial charge < -0.3 is 5.11 Å². The molecule has 0 spiro atoms. The molecule has 1 aromatic carbocycles. The maximum Gasteiger partial charge on any atom is 0.181 e. The first-order valence-electron chi connectivity index (χ1n) is 6.65. The van der Waals surface area contributed by atoms with Crippen molar-refractivity contribution in [2.24, 2.45) is 5.92 Å². The second kappa shape index (κ2) is 6.01. The van der Waals surface area contributed by atoms with Gasteiger partial charge in [-0.3, -0.25) is 0 Å². The first-order chi connectivity index (χ1) is 8.99. The molecule has 1 atom stereocenters. The number of halogens is 1. The first-order valence-corrected chi connectivity index (χ1v) is 8.31. The fourth-order valence-electron chi connectivity index (χ4n) is 2.64. The van der Waals surface area contributed by atoms with Gasteiger partial charge in [0, 0.05) is 0 Å². The fourth-order valence-corrected chi connectivity index (χ4v) is 4.13. The van der Waals surface area contributed by atoms with Gasteiger partial charge in [0.25, 0.3) is 0 Å². The SMILES string of the molecule is O=S(=O)(CC(O)C1CCCCC1)c1cccc(F)c1. The normalized spacial score (nSPS) is 19.3. The molecule has 19 heavy (non-hydrogen) atoms. The number of hydrogen-bond donors (Lipinski definition) is 1. The van der Waals surface area contributed by atoms with Crippen LogP contribution in [-0.2, 0) is 9.84 Å². The molecule has 3 nitrogen and oxygen atoms in total. The molecule has 1 aliphatic carbocycles. The number of hydrogen-bond acceptors (Lipinski definition) is 3. The van der Waals surface area contributed by atoms with Crippen LogP contribution in [-0.4, -0.2) is 25.4 Å². The highest BCUT2D eigenvalue weighted by Gasteiger charge is 2.27. The highest BCUT2D eigenvalue weighted by molar-refractivity contribution is 7.91. The van der Waals surface area contributed by atoms with Gasteiger partial charge in [0.1, 0.15) is 5.82 Å². The second-order valence-corrected chi connectivity index (χ2v) is 7.24. The van der Waals surface area contributed by atoms with Crippen LogP contribution < -0.4 is 0 Å². The lowest BCUT2D eigenvalue weighted by Gasteiger charge is -2.26. The molecule has 0 bridgehead atoms. The molecule has 1 unspecified atom stereocenters. The molecule has 1 aromatic rings. The number of aliphatic hydroxyl groups is 1. The molecule has 0 radical (unpaired) electrons. The molecule has 2 rings (SSSR count). The van der Waals surface area contributed by atoms with Crippen molar-refractivity contribution in [2.75, 3.05) is 5.75 Å². The summed E-state index contributed by atoms with van der Waals surface area (Å²) >= 11 is 0. The fraction of sp³-hybridized carbons (Fsp3) is 0.571. The van der Waals surface area contributed by atoms with E-state index in [0.29, 0.717) is 0 Å². The zero-order valence-electron chi connectivity index (χ0n) is 10.8. The van der Waals surface area contributed by atoms with Crippen LogP contribution >= 0.6 is 0 Å². The minimum Gasteiger partial charge on any atom is -0.392 e. The van der Waals surface area contributed by atoms with Crippen molar-refractivity contribution in [3.63, 3.8) is 0 Å². The Kier molecular flexibility index (Phi) is 4.58. The van der Waals surface area contributed by atoms with E-state index >= 15 is 0 Å². The third-order valence-electron chi connectivity index (χ3n) is 3.74. The van der Waals surface area contributed by atoms with Crippen molar-refractivity contribution < 1.29 is 17.9 Å². The molecule has 0 amide bonds. The Bertz CT molecular complexity index is 521. The van der Waals surface area contributed by atoms with E-state index in [9.17, 15) is 17.9 Å². The quantitative estimate of drug-likeness (QED) is 0.925. The van der Waals surface area contributed by atoms with Crippen molar-refractivity contribution in [3.8, 4) is 0 Å². The van der Waals surface area contributed by atoms with Gasteiger partial charge in [0.05, 0.1) is 16.8 Å². The van der Waals surface area contributed by atoms with Gasteiger partial charge in [-0.25, -0.2) is 12.8 Å². The largest absolute Gasteiger partial charge is 0.392 e. The van der Waals surface area contributed by atoms with Gasteiger partial charge in [-0.2, -0.15) is 0 Å². The summed E-state index contributed by atoms with van der Waals surface area (Å²) in [5.41, 5.74) is 0. The third-order valence-corrected chi connectivity index (χ3v) is 5.49. The Balaban J connectivity index is 2.08. The zero-order chi connectivity index (χ0) is 13.9. The van der Waals surface area contributed by atoms with Gasteiger partial charge in [-0.15, -0.1) is 0 Å². The summed E-state index contributed by atoms with van der Waals surface area (Å²) in [6, 6.07) is 4.95. The summed E-state index contributed by atoms with van der Waals surface area (Å²) in [4.78, 5) is -0.0534. The van der Waals surface area contributed by atoms with Crippen LogP contribution in [0.15, 0.2) is 29.2 Å². The number of sulfone groups is 1. The number of aliphatic hydroxyl groups excluding tert-OH is 1. The molecule has 1 fully saturated rings. The van der Waals surface area contributed by atoms with Gasteiger partial charge in [0.2, 0.25) is 0 Å². The van der Waals surface area contributed by atoms with Gasteiger partial charge >= 0.3 is 0 Å². The van der Waals surface area contributed by atoms with E-state index in [4.69, 9.17) is 0 Å². The molecule has 1 N–H and O–H groups in total. The molecule has 1 saturated carbocycles. The summed E-state index contributed by atoms with van der Waals surface area (Å²) in [5, 5.41) is 10.1. The Morgan fingerprint density at radius 2 is 1.95 bits per heavy atom. The van der Waals surface area contributed by atoms with Crippen LogP contribution in [0.2, 0.25) is 0 Å². The van der Waals surface area contributed by atoms with E-state index in [2.05, 4.69) is 0 Å². The summed E-state index contributed by atoms with van der Waals surface area (Å²) in [7, 11) is -3.62. The van der Waals surface area contributed by atoms with Crippen LogP contribution in [0.4, 0.5) is 4.39 Å². The lowest BCUT2D eigenvalue weighted by molar-refractivity contribution is 0.103. The highest BCUT2D eigenvalue weighted by Crippen LogP contribution is 2.28. The summed E-state index contributed by atoms with van der Waals surface area (Å²) in [6.07, 6.45) is 4.14. The second-order valence-electron chi connectivity index (χ2n) is 5.20. The van der Waals surface area contributed by atoms with Crippen LogP contribution in [0.1, 0.15) is 32.1 Å². The lowest BCUT2D eigenvalue weighted by Crippen LogP contribution is -2.30. The predicted octanol–water partition coefficient (Wildman–Crippen LogP) is 2.54. The Hall–Kier alpha value is -0.940. The summed E-state index contributed by atoms with van der Waals surface area (Å²) in [6.45, 7) is 0. The number of benzene rings is 1. The maximum atomic E-state index is 13.1. The van der Waals surface area contributed by atoms with E-state index in [1.807, 2.05) is 0 Å². The molecular formula is C14H19FO3S. The van der Waals surface area contributed by atoms with Crippen LogP contribution in [0.5, 0.6) is 0 Å². The molecule has 5 heteroatoms. The molecule has 0 aliphatic heterocycles. The molecule has 106 valence electrons. The minimum absolute atomic E-state index is 0.0529. The minimum atomic E-state index is -3.62. The lowest BCUT2D eigenvalue weighted by atomic mass is 9.86. The van der Waals surface area contributed by atoms with Gasteiger partial charge in [0.15, 0.2) is 9.84 Å². The van der Waals surface area contributed by atoms with Gasteiger partial charge in [-0.1, -0.05) is 25.3 Å². The van der Waals surface area contributed by atoms with E-state index in [1.165, 1.54) is 18.2 Å². The van der Waals surface area contributed by atoms with Gasteiger partial charge in [-0.05, 0) is 37.0 Å². The predicted molar refractivity (Wildman–Crippen MR) is 71.0 cm³/mol.